The predicted molar refractivity (Wildman–Crippen MR) is 69.2 cm³/mol. The van der Waals surface area contributed by atoms with E-state index in [1.807, 2.05) is 0 Å². The van der Waals surface area contributed by atoms with Gasteiger partial charge in [-0.25, -0.2) is 9.98 Å². The van der Waals surface area contributed by atoms with Gasteiger partial charge in [0.15, 0.2) is 0 Å². The molecule has 1 fully saturated rings. The summed E-state index contributed by atoms with van der Waals surface area (Å²) in [5.41, 5.74) is 1.81. The topological polar surface area (TPSA) is 70.4 Å². The molecular weight excluding hydrogens is 274 g/mol. The van der Waals surface area contributed by atoms with Crippen LogP contribution in [0.3, 0.4) is 0 Å². The zero-order valence-electron chi connectivity index (χ0n) is 9.69. The number of nitrogens with zero attached hydrogens (tertiary/aromatic N) is 3. The van der Waals surface area contributed by atoms with Gasteiger partial charge in [0.2, 0.25) is 16.0 Å². The molecule has 0 radical (unpaired) electrons. The third kappa shape index (κ3) is 2.38. The largest absolute Gasteiger partial charge is 0.611 e. The lowest BCUT2D eigenvalue weighted by Crippen LogP contribution is -2.15. The van der Waals surface area contributed by atoms with Crippen molar-refractivity contribution in [3.63, 3.8) is 0 Å². The molecule has 0 N–H and O–H groups in total. The van der Waals surface area contributed by atoms with Gasteiger partial charge in [-0.3, -0.25) is 0 Å². The van der Waals surface area contributed by atoms with E-state index in [1.54, 1.807) is 0 Å². The summed E-state index contributed by atoms with van der Waals surface area (Å²) in [5.74, 6) is 1.07. The zero-order valence-corrected chi connectivity index (χ0v) is 11.3. The molecule has 0 aliphatic carbocycles. The van der Waals surface area contributed by atoms with Gasteiger partial charge in [-0.15, -0.1) is 0 Å². The number of aryl methyl sites for hydroxylation is 1. The molecule has 0 amide bonds. The van der Waals surface area contributed by atoms with Crippen molar-refractivity contribution in [2.24, 2.45) is 4.99 Å². The Morgan fingerprint density at radius 2 is 2.00 bits per heavy atom. The van der Waals surface area contributed by atoms with Crippen LogP contribution in [0.5, 0.6) is 0 Å². The van der Waals surface area contributed by atoms with E-state index in [1.165, 1.54) is 0 Å². The molecule has 0 saturated carbocycles. The van der Waals surface area contributed by atoms with Crippen LogP contribution in [0.15, 0.2) is 9.89 Å². The molecule has 1 aromatic heterocycles. The molecule has 3 heterocycles. The summed E-state index contributed by atoms with van der Waals surface area (Å²) in [5, 5.41) is 0.180. The monoisotopic (exact) mass is 285 g/mol. The highest BCUT2D eigenvalue weighted by Gasteiger charge is 2.31. The van der Waals surface area contributed by atoms with Crippen molar-refractivity contribution in [1.29, 1.82) is 0 Å². The SMILES string of the molecule is [O-][S+]1CCc2nc(Cl)nc(N=C3CCOCC3)c21. The summed E-state index contributed by atoms with van der Waals surface area (Å²) >= 11 is 4.83. The van der Waals surface area contributed by atoms with E-state index in [2.05, 4.69) is 15.0 Å². The fourth-order valence-electron chi connectivity index (χ4n) is 2.09. The molecule has 1 saturated heterocycles. The van der Waals surface area contributed by atoms with Gasteiger partial charge in [-0.05, 0) is 22.8 Å². The Morgan fingerprint density at radius 1 is 1.22 bits per heavy atom. The number of ether oxygens (including phenoxy) is 1. The van der Waals surface area contributed by atoms with Gasteiger partial charge in [0.1, 0.15) is 11.4 Å². The van der Waals surface area contributed by atoms with Crippen molar-refractivity contribution in [2.45, 2.75) is 24.2 Å². The molecule has 2 aliphatic heterocycles. The van der Waals surface area contributed by atoms with E-state index < -0.39 is 11.2 Å². The first kappa shape index (κ1) is 12.3. The van der Waals surface area contributed by atoms with Gasteiger partial charge in [-0.2, -0.15) is 4.98 Å². The van der Waals surface area contributed by atoms with Crippen molar-refractivity contribution in [3.8, 4) is 0 Å². The minimum Gasteiger partial charge on any atom is -0.611 e. The predicted octanol–water partition coefficient (Wildman–Crippen LogP) is 1.68. The lowest BCUT2D eigenvalue weighted by atomic mass is 10.2. The van der Waals surface area contributed by atoms with E-state index in [4.69, 9.17) is 16.3 Å². The molecule has 0 bridgehead atoms. The highest BCUT2D eigenvalue weighted by atomic mass is 35.5. The third-order valence-electron chi connectivity index (χ3n) is 2.98. The highest BCUT2D eigenvalue weighted by molar-refractivity contribution is 7.91. The van der Waals surface area contributed by atoms with Crippen LogP contribution >= 0.6 is 11.6 Å². The van der Waals surface area contributed by atoms with Crippen LogP contribution in [-0.4, -0.2) is 39.2 Å². The Hall–Kier alpha value is -0.690. The second-order valence-electron chi connectivity index (χ2n) is 4.18. The highest BCUT2D eigenvalue weighted by Crippen LogP contribution is 2.33. The summed E-state index contributed by atoms with van der Waals surface area (Å²) < 4.78 is 17.2. The van der Waals surface area contributed by atoms with Crippen molar-refractivity contribution in [2.75, 3.05) is 19.0 Å². The second-order valence-corrected chi connectivity index (χ2v) is 6.03. The van der Waals surface area contributed by atoms with E-state index in [0.29, 0.717) is 36.1 Å². The maximum absolute atomic E-state index is 11.9. The van der Waals surface area contributed by atoms with Crippen LogP contribution in [0.2, 0.25) is 5.28 Å². The van der Waals surface area contributed by atoms with Crippen molar-refractivity contribution < 1.29 is 9.29 Å². The minimum absolute atomic E-state index is 0.180. The molecule has 0 aromatic carbocycles. The van der Waals surface area contributed by atoms with Gasteiger partial charge < -0.3 is 9.29 Å². The van der Waals surface area contributed by atoms with Crippen molar-refractivity contribution in [1.82, 2.24) is 9.97 Å². The molecule has 18 heavy (non-hydrogen) atoms. The summed E-state index contributed by atoms with van der Waals surface area (Å²) in [6, 6.07) is 0. The average Bonchev–Trinajstić information content (AvgIpc) is 2.72. The number of aliphatic imine (C=N–C) groups is 1. The van der Waals surface area contributed by atoms with Gasteiger partial charge in [0.05, 0.1) is 13.2 Å². The van der Waals surface area contributed by atoms with Gasteiger partial charge in [0, 0.05) is 25.0 Å². The fourth-order valence-corrected chi connectivity index (χ4v) is 3.56. The Labute approximate surface area is 113 Å². The summed E-state index contributed by atoms with van der Waals surface area (Å²) in [6.07, 6.45) is 2.28. The standard InChI is InChI=1S/C11H12ClN3O2S/c12-11-14-8-3-6-18(16)9(8)10(15-11)13-7-1-4-17-5-2-7/h1-6H2. The van der Waals surface area contributed by atoms with Crippen LogP contribution < -0.4 is 0 Å². The van der Waals surface area contributed by atoms with Crippen molar-refractivity contribution >= 4 is 34.3 Å². The van der Waals surface area contributed by atoms with Crippen LogP contribution in [0.4, 0.5) is 5.82 Å². The Morgan fingerprint density at radius 3 is 2.78 bits per heavy atom. The molecule has 96 valence electrons. The molecule has 2 aliphatic rings. The zero-order chi connectivity index (χ0) is 12.5. The number of halogens is 1. The Bertz CT molecular complexity index is 501. The number of fused-ring (bicyclic) bond motifs is 1. The van der Waals surface area contributed by atoms with E-state index >= 15 is 0 Å². The first-order valence-corrected chi connectivity index (χ1v) is 7.52. The molecule has 7 heteroatoms. The number of hydrogen-bond acceptors (Lipinski definition) is 5. The minimum atomic E-state index is -1.04. The van der Waals surface area contributed by atoms with Crippen LogP contribution in [-0.2, 0) is 22.3 Å². The lowest BCUT2D eigenvalue weighted by Gasteiger charge is -2.13. The number of rotatable bonds is 1. The third-order valence-corrected chi connectivity index (χ3v) is 4.59. The molecule has 1 unspecified atom stereocenters. The van der Waals surface area contributed by atoms with Crippen LogP contribution in [0.25, 0.3) is 0 Å². The average molecular weight is 286 g/mol. The normalized spacial score (nSPS) is 23.0. The molecule has 1 atom stereocenters. The van der Waals surface area contributed by atoms with E-state index in [9.17, 15) is 4.55 Å². The van der Waals surface area contributed by atoms with E-state index in [0.717, 1.165) is 24.2 Å². The molecule has 1 aromatic rings. The first-order chi connectivity index (χ1) is 8.74. The fraction of sp³-hybridized carbons (Fsp3) is 0.545. The van der Waals surface area contributed by atoms with E-state index in [-0.39, 0.29) is 5.28 Å². The summed E-state index contributed by atoms with van der Waals surface area (Å²) in [7, 11) is 0. The van der Waals surface area contributed by atoms with Gasteiger partial charge >= 0.3 is 0 Å². The van der Waals surface area contributed by atoms with Gasteiger partial charge in [-0.1, -0.05) is 0 Å². The van der Waals surface area contributed by atoms with Crippen molar-refractivity contribution in [3.05, 3.63) is 11.0 Å². The molecule has 0 spiro atoms. The number of aromatic nitrogens is 2. The maximum Gasteiger partial charge on any atom is 0.224 e. The smallest absolute Gasteiger partial charge is 0.224 e. The second kappa shape index (κ2) is 5.13. The molecular formula is C11H12ClN3O2S. The van der Waals surface area contributed by atoms with Crippen LogP contribution in [0.1, 0.15) is 18.5 Å². The molecule has 5 nitrogen and oxygen atoms in total. The quantitative estimate of drug-likeness (QED) is 0.581. The Kier molecular flexibility index (Phi) is 3.52. The molecule has 3 rings (SSSR count). The lowest BCUT2D eigenvalue weighted by molar-refractivity contribution is 0.135. The first-order valence-electron chi connectivity index (χ1n) is 5.83. The summed E-state index contributed by atoms with van der Waals surface area (Å²) in [6.45, 7) is 1.37. The maximum atomic E-state index is 11.9. The Balaban J connectivity index is 2.01. The van der Waals surface area contributed by atoms with Crippen LogP contribution in [0, 0.1) is 0 Å². The summed E-state index contributed by atoms with van der Waals surface area (Å²) in [4.78, 5) is 13.4. The van der Waals surface area contributed by atoms with Gasteiger partial charge in [0.25, 0.3) is 0 Å². The number of hydrogen-bond donors (Lipinski definition) is 0.